The third-order valence-electron chi connectivity index (χ3n) is 4.50. The maximum absolute atomic E-state index is 10.8. The summed E-state index contributed by atoms with van der Waals surface area (Å²) in [4.78, 5) is 4.77. The van der Waals surface area contributed by atoms with Crippen molar-refractivity contribution in [2.45, 2.75) is 20.3 Å². The van der Waals surface area contributed by atoms with Gasteiger partial charge in [0.25, 0.3) is 0 Å². The number of benzene rings is 2. The first-order valence-corrected chi connectivity index (χ1v) is 8.32. The largest absolute Gasteiger partial charge is 0.493 e. The van der Waals surface area contributed by atoms with E-state index in [1.54, 1.807) is 4.52 Å². The van der Waals surface area contributed by atoms with E-state index in [9.17, 15) is 5.11 Å². The molecule has 4 heteroatoms. The standard InChI is InChI=1S/C21H19N3O/c1-14-18(13-16-9-5-3-6-10-16)21(25)24-20(22-14)19(15(2)23-24)17-11-7-4-8-12-17/h3-12,25H,13H2,1-2H3. The van der Waals surface area contributed by atoms with Crippen LogP contribution in [0.25, 0.3) is 16.8 Å². The van der Waals surface area contributed by atoms with E-state index in [4.69, 9.17) is 4.98 Å². The molecule has 2 aromatic carbocycles. The van der Waals surface area contributed by atoms with Crippen LogP contribution in [0.4, 0.5) is 0 Å². The van der Waals surface area contributed by atoms with Crippen molar-refractivity contribution in [3.05, 3.63) is 83.2 Å². The van der Waals surface area contributed by atoms with Crippen molar-refractivity contribution in [2.24, 2.45) is 0 Å². The fraction of sp³-hybridized carbons (Fsp3) is 0.143. The van der Waals surface area contributed by atoms with E-state index in [0.717, 1.165) is 33.6 Å². The molecule has 124 valence electrons. The summed E-state index contributed by atoms with van der Waals surface area (Å²) in [6.07, 6.45) is 0.626. The summed E-state index contributed by atoms with van der Waals surface area (Å²) >= 11 is 0. The van der Waals surface area contributed by atoms with Crippen LogP contribution < -0.4 is 0 Å². The maximum atomic E-state index is 10.8. The molecule has 0 bridgehead atoms. The molecule has 0 aliphatic rings. The zero-order valence-electron chi connectivity index (χ0n) is 14.3. The minimum atomic E-state index is 0.164. The van der Waals surface area contributed by atoms with Crippen LogP contribution >= 0.6 is 0 Å². The van der Waals surface area contributed by atoms with Crippen molar-refractivity contribution in [2.75, 3.05) is 0 Å². The summed E-state index contributed by atoms with van der Waals surface area (Å²) in [5.41, 5.74) is 6.32. The summed E-state index contributed by atoms with van der Waals surface area (Å²) in [7, 11) is 0. The Labute approximate surface area is 146 Å². The highest BCUT2D eigenvalue weighted by Crippen LogP contribution is 2.32. The molecule has 1 N–H and O–H groups in total. The molecule has 0 unspecified atom stereocenters. The molecular formula is C21H19N3O. The Kier molecular flexibility index (Phi) is 3.73. The van der Waals surface area contributed by atoms with Gasteiger partial charge in [-0.15, -0.1) is 0 Å². The first-order chi connectivity index (χ1) is 12.1. The van der Waals surface area contributed by atoms with E-state index in [0.29, 0.717) is 12.1 Å². The number of fused-ring (bicyclic) bond motifs is 1. The van der Waals surface area contributed by atoms with E-state index in [1.807, 2.05) is 74.5 Å². The Bertz CT molecular complexity index is 1040. The van der Waals surface area contributed by atoms with Gasteiger partial charge in [0.05, 0.1) is 5.69 Å². The molecule has 25 heavy (non-hydrogen) atoms. The second-order valence-electron chi connectivity index (χ2n) is 6.22. The van der Waals surface area contributed by atoms with Gasteiger partial charge in [-0.3, -0.25) is 0 Å². The molecule has 0 spiro atoms. The van der Waals surface area contributed by atoms with E-state index in [1.165, 1.54) is 0 Å². The Hall–Kier alpha value is -3.14. The lowest BCUT2D eigenvalue weighted by Crippen LogP contribution is -2.02. The summed E-state index contributed by atoms with van der Waals surface area (Å²) in [6.45, 7) is 3.89. The SMILES string of the molecule is Cc1nc2c(-c3ccccc3)c(C)nn2c(O)c1Cc1ccccc1. The van der Waals surface area contributed by atoms with Crippen LogP contribution in [0.15, 0.2) is 60.7 Å². The van der Waals surface area contributed by atoms with Crippen molar-refractivity contribution < 1.29 is 5.11 Å². The Morgan fingerprint density at radius 2 is 1.52 bits per heavy atom. The lowest BCUT2D eigenvalue weighted by atomic mass is 10.0. The molecule has 4 rings (SSSR count). The fourth-order valence-corrected chi connectivity index (χ4v) is 3.23. The van der Waals surface area contributed by atoms with Crippen LogP contribution in [-0.4, -0.2) is 19.7 Å². The molecule has 0 amide bonds. The Balaban J connectivity index is 1.90. The van der Waals surface area contributed by atoms with Gasteiger partial charge in [0.1, 0.15) is 0 Å². The van der Waals surface area contributed by atoms with Gasteiger partial charge in [0.2, 0.25) is 5.88 Å². The average Bonchev–Trinajstić information content (AvgIpc) is 2.96. The van der Waals surface area contributed by atoms with Gasteiger partial charge in [0, 0.05) is 23.2 Å². The summed E-state index contributed by atoms with van der Waals surface area (Å²) in [5, 5.41) is 15.4. The van der Waals surface area contributed by atoms with Crippen LogP contribution in [0, 0.1) is 13.8 Å². The average molecular weight is 329 g/mol. The lowest BCUT2D eigenvalue weighted by Gasteiger charge is -2.10. The third kappa shape index (κ3) is 2.66. The van der Waals surface area contributed by atoms with E-state index in [-0.39, 0.29) is 5.88 Å². The molecule has 0 saturated heterocycles. The van der Waals surface area contributed by atoms with E-state index >= 15 is 0 Å². The zero-order valence-corrected chi connectivity index (χ0v) is 14.3. The highest BCUT2D eigenvalue weighted by atomic mass is 16.3. The third-order valence-corrected chi connectivity index (χ3v) is 4.50. The van der Waals surface area contributed by atoms with E-state index < -0.39 is 0 Å². The van der Waals surface area contributed by atoms with Crippen LogP contribution in [0.2, 0.25) is 0 Å². The van der Waals surface area contributed by atoms with Crippen molar-refractivity contribution in [1.29, 1.82) is 0 Å². The number of aromatic hydroxyl groups is 1. The number of aromatic nitrogens is 3. The van der Waals surface area contributed by atoms with Crippen LogP contribution in [-0.2, 0) is 6.42 Å². The predicted molar refractivity (Wildman–Crippen MR) is 98.8 cm³/mol. The second-order valence-corrected chi connectivity index (χ2v) is 6.22. The minimum absolute atomic E-state index is 0.164. The lowest BCUT2D eigenvalue weighted by molar-refractivity contribution is 0.427. The second kappa shape index (κ2) is 6.06. The van der Waals surface area contributed by atoms with Crippen molar-refractivity contribution in [1.82, 2.24) is 14.6 Å². The summed E-state index contributed by atoms with van der Waals surface area (Å²) < 4.78 is 1.56. The fourth-order valence-electron chi connectivity index (χ4n) is 3.23. The number of rotatable bonds is 3. The van der Waals surface area contributed by atoms with Crippen LogP contribution in [0.1, 0.15) is 22.5 Å². The number of hydrogen-bond acceptors (Lipinski definition) is 3. The van der Waals surface area contributed by atoms with Crippen molar-refractivity contribution in [3.8, 4) is 17.0 Å². The van der Waals surface area contributed by atoms with Gasteiger partial charge in [-0.2, -0.15) is 9.61 Å². The molecule has 2 aromatic heterocycles. The van der Waals surface area contributed by atoms with E-state index in [2.05, 4.69) is 5.10 Å². The van der Waals surface area contributed by atoms with Gasteiger partial charge in [0.15, 0.2) is 5.65 Å². The van der Waals surface area contributed by atoms with Gasteiger partial charge >= 0.3 is 0 Å². The number of nitrogens with zero attached hydrogens (tertiary/aromatic N) is 3. The van der Waals surface area contributed by atoms with Crippen LogP contribution in [0.3, 0.4) is 0 Å². The summed E-state index contributed by atoms with van der Waals surface area (Å²) in [5.74, 6) is 0.164. The highest BCUT2D eigenvalue weighted by Gasteiger charge is 2.19. The predicted octanol–water partition coefficient (Wildman–Crippen LogP) is 4.31. The zero-order chi connectivity index (χ0) is 17.4. The Morgan fingerprint density at radius 3 is 2.20 bits per heavy atom. The first kappa shape index (κ1) is 15.4. The number of aryl methyl sites for hydroxylation is 2. The van der Waals surface area contributed by atoms with Crippen molar-refractivity contribution >= 4 is 5.65 Å². The first-order valence-electron chi connectivity index (χ1n) is 8.32. The van der Waals surface area contributed by atoms with Gasteiger partial charge in [-0.05, 0) is 25.0 Å². The van der Waals surface area contributed by atoms with Gasteiger partial charge < -0.3 is 5.11 Å². The van der Waals surface area contributed by atoms with Gasteiger partial charge in [-0.1, -0.05) is 60.7 Å². The smallest absolute Gasteiger partial charge is 0.219 e. The molecular weight excluding hydrogens is 310 g/mol. The van der Waals surface area contributed by atoms with Crippen molar-refractivity contribution in [3.63, 3.8) is 0 Å². The minimum Gasteiger partial charge on any atom is -0.493 e. The Morgan fingerprint density at radius 1 is 0.880 bits per heavy atom. The molecule has 4 aromatic rings. The van der Waals surface area contributed by atoms with Gasteiger partial charge in [-0.25, -0.2) is 4.98 Å². The molecule has 4 nitrogen and oxygen atoms in total. The molecule has 0 fully saturated rings. The highest BCUT2D eigenvalue weighted by molar-refractivity contribution is 5.80. The maximum Gasteiger partial charge on any atom is 0.219 e. The quantitative estimate of drug-likeness (QED) is 0.609. The number of hydrogen-bond donors (Lipinski definition) is 1. The summed E-state index contributed by atoms with van der Waals surface area (Å²) in [6, 6.07) is 20.1. The molecule has 0 aliphatic heterocycles. The normalized spacial score (nSPS) is 11.1. The molecule has 0 aliphatic carbocycles. The molecule has 0 saturated carbocycles. The molecule has 2 heterocycles. The topological polar surface area (TPSA) is 50.4 Å². The monoisotopic (exact) mass is 329 g/mol. The van der Waals surface area contributed by atoms with Crippen LogP contribution in [0.5, 0.6) is 5.88 Å². The molecule has 0 radical (unpaired) electrons. The molecule has 0 atom stereocenters.